The van der Waals surface area contributed by atoms with Gasteiger partial charge in [0, 0.05) is 19.0 Å². The largest absolute Gasteiger partial charge is 0.409 e. The predicted molar refractivity (Wildman–Crippen MR) is 59.6 cm³/mol. The average Bonchev–Trinajstić information content (AvgIpc) is 2.19. The summed E-state index contributed by atoms with van der Waals surface area (Å²) >= 11 is 0. The van der Waals surface area contributed by atoms with Gasteiger partial charge in [-0.3, -0.25) is 0 Å². The van der Waals surface area contributed by atoms with Crippen LogP contribution in [0, 0.1) is 5.92 Å². The Bertz CT molecular complexity index is 167. The van der Waals surface area contributed by atoms with Crippen molar-refractivity contribution in [2.24, 2.45) is 16.8 Å². The zero-order valence-electron chi connectivity index (χ0n) is 9.45. The molecule has 0 heterocycles. The molecule has 4 heteroatoms. The van der Waals surface area contributed by atoms with Crippen LogP contribution >= 0.6 is 0 Å². The quantitative estimate of drug-likeness (QED) is 0.253. The summed E-state index contributed by atoms with van der Waals surface area (Å²) in [5, 5.41) is 14.6. The van der Waals surface area contributed by atoms with E-state index in [0.29, 0.717) is 18.4 Å². The number of oxime groups is 1. The van der Waals surface area contributed by atoms with Gasteiger partial charge in [-0.25, -0.2) is 0 Å². The highest BCUT2D eigenvalue weighted by Crippen LogP contribution is 2.12. The highest BCUT2D eigenvalue weighted by Gasteiger charge is 2.12. The molecule has 0 amide bonds. The van der Waals surface area contributed by atoms with E-state index in [9.17, 15) is 0 Å². The molecule has 0 aromatic rings. The number of amidine groups is 1. The number of rotatable bonds is 7. The van der Waals surface area contributed by atoms with Crippen molar-refractivity contribution in [3.63, 3.8) is 0 Å². The first-order valence-corrected chi connectivity index (χ1v) is 5.35. The standard InChI is InChI=1S/C10H23N3O/c1-4-9(5-2)8(3)12-7-6-10(11)13-14/h8-9,12,14H,4-7H2,1-3H3,(H2,11,13). The van der Waals surface area contributed by atoms with Crippen molar-refractivity contribution in [2.45, 2.75) is 46.1 Å². The van der Waals surface area contributed by atoms with Gasteiger partial charge in [-0.2, -0.15) is 0 Å². The molecule has 0 rings (SSSR count). The van der Waals surface area contributed by atoms with Crippen LogP contribution in [0.1, 0.15) is 40.0 Å². The maximum atomic E-state index is 8.34. The van der Waals surface area contributed by atoms with Crippen molar-refractivity contribution in [1.29, 1.82) is 0 Å². The maximum Gasteiger partial charge on any atom is 0.140 e. The first kappa shape index (κ1) is 13.2. The molecule has 4 N–H and O–H groups in total. The Labute approximate surface area is 86.6 Å². The highest BCUT2D eigenvalue weighted by molar-refractivity contribution is 5.79. The summed E-state index contributed by atoms with van der Waals surface area (Å²) in [7, 11) is 0. The molecule has 0 fully saturated rings. The lowest BCUT2D eigenvalue weighted by Crippen LogP contribution is -2.35. The molecule has 0 saturated carbocycles. The van der Waals surface area contributed by atoms with Gasteiger partial charge in [0.2, 0.25) is 0 Å². The lowest BCUT2D eigenvalue weighted by atomic mass is 9.95. The molecular formula is C10H23N3O. The zero-order valence-corrected chi connectivity index (χ0v) is 9.45. The Morgan fingerprint density at radius 2 is 2.00 bits per heavy atom. The van der Waals surface area contributed by atoms with Gasteiger partial charge in [0.1, 0.15) is 5.84 Å². The van der Waals surface area contributed by atoms with Crippen LogP contribution in [-0.2, 0) is 0 Å². The first-order valence-electron chi connectivity index (χ1n) is 5.35. The average molecular weight is 201 g/mol. The smallest absolute Gasteiger partial charge is 0.140 e. The third-order valence-corrected chi connectivity index (χ3v) is 2.73. The monoisotopic (exact) mass is 201 g/mol. The zero-order chi connectivity index (χ0) is 11.0. The Kier molecular flexibility index (Phi) is 7.20. The van der Waals surface area contributed by atoms with E-state index in [0.717, 1.165) is 6.54 Å². The summed E-state index contributed by atoms with van der Waals surface area (Å²) in [6.07, 6.45) is 2.98. The molecular weight excluding hydrogens is 178 g/mol. The minimum atomic E-state index is 0.286. The van der Waals surface area contributed by atoms with Crippen LogP contribution in [0.25, 0.3) is 0 Å². The summed E-state index contributed by atoms with van der Waals surface area (Å²) in [4.78, 5) is 0. The third-order valence-electron chi connectivity index (χ3n) is 2.73. The predicted octanol–water partition coefficient (Wildman–Crippen LogP) is 1.54. The Morgan fingerprint density at radius 3 is 2.43 bits per heavy atom. The molecule has 0 bridgehead atoms. The van der Waals surface area contributed by atoms with Gasteiger partial charge in [-0.05, 0) is 12.8 Å². The van der Waals surface area contributed by atoms with Crippen LogP contribution in [0.15, 0.2) is 5.16 Å². The van der Waals surface area contributed by atoms with Gasteiger partial charge in [0.05, 0.1) is 0 Å². The fraction of sp³-hybridized carbons (Fsp3) is 0.900. The molecule has 14 heavy (non-hydrogen) atoms. The minimum Gasteiger partial charge on any atom is -0.409 e. The number of hydrogen-bond acceptors (Lipinski definition) is 3. The molecule has 0 aliphatic carbocycles. The Morgan fingerprint density at radius 1 is 1.43 bits per heavy atom. The third kappa shape index (κ3) is 5.07. The van der Waals surface area contributed by atoms with Crippen molar-refractivity contribution < 1.29 is 5.21 Å². The van der Waals surface area contributed by atoms with Crippen LogP contribution in [0.2, 0.25) is 0 Å². The molecule has 1 atom stereocenters. The van der Waals surface area contributed by atoms with Crippen molar-refractivity contribution in [3.8, 4) is 0 Å². The van der Waals surface area contributed by atoms with E-state index in [-0.39, 0.29) is 5.84 Å². The lowest BCUT2D eigenvalue weighted by molar-refractivity contribution is 0.315. The summed E-state index contributed by atoms with van der Waals surface area (Å²) in [5.74, 6) is 0.997. The van der Waals surface area contributed by atoms with Crippen LogP contribution in [0.5, 0.6) is 0 Å². The van der Waals surface area contributed by atoms with Crippen molar-refractivity contribution in [2.75, 3.05) is 6.54 Å². The normalized spacial score (nSPS) is 14.7. The summed E-state index contributed by atoms with van der Waals surface area (Å²) in [5.41, 5.74) is 5.36. The molecule has 4 nitrogen and oxygen atoms in total. The van der Waals surface area contributed by atoms with Crippen LogP contribution in [0.3, 0.4) is 0 Å². The topological polar surface area (TPSA) is 70.6 Å². The van der Waals surface area contributed by atoms with E-state index in [2.05, 4.69) is 31.2 Å². The second-order valence-electron chi connectivity index (χ2n) is 3.66. The molecule has 0 aliphatic heterocycles. The summed E-state index contributed by atoms with van der Waals surface area (Å²) in [6, 6.07) is 0.497. The van der Waals surface area contributed by atoms with Gasteiger partial charge in [-0.15, -0.1) is 0 Å². The molecule has 1 unspecified atom stereocenters. The van der Waals surface area contributed by atoms with Crippen LogP contribution in [0.4, 0.5) is 0 Å². The van der Waals surface area contributed by atoms with Crippen molar-refractivity contribution in [3.05, 3.63) is 0 Å². The number of nitrogens with two attached hydrogens (primary N) is 1. The van der Waals surface area contributed by atoms with Crippen LogP contribution < -0.4 is 11.1 Å². The SMILES string of the molecule is CCC(CC)C(C)NCCC(N)=NO. The van der Waals surface area contributed by atoms with Gasteiger partial charge < -0.3 is 16.3 Å². The van der Waals surface area contributed by atoms with Crippen molar-refractivity contribution in [1.82, 2.24) is 5.32 Å². The van der Waals surface area contributed by atoms with Crippen LogP contribution in [-0.4, -0.2) is 23.6 Å². The van der Waals surface area contributed by atoms with Gasteiger partial charge in [0.25, 0.3) is 0 Å². The van der Waals surface area contributed by atoms with E-state index in [1.54, 1.807) is 0 Å². The summed E-state index contributed by atoms with van der Waals surface area (Å²) < 4.78 is 0. The molecule has 0 spiro atoms. The van der Waals surface area contributed by atoms with E-state index >= 15 is 0 Å². The fourth-order valence-electron chi connectivity index (χ4n) is 1.64. The number of nitrogens with one attached hydrogen (secondary N) is 1. The van der Waals surface area contributed by atoms with E-state index < -0.39 is 0 Å². The summed E-state index contributed by atoms with van der Waals surface area (Å²) in [6.45, 7) is 7.36. The molecule has 84 valence electrons. The maximum absolute atomic E-state index is 8.34. The molecule has 0 aromatic heterocycles. The molecule has 0 saturated heterocycles. The van der Waals surface area contributed by atoms with Gasteiger partial charge in [0.15, 0.2) is 0 Å². The van der Waals surface area contributed by atoms with Crippen molar-refractivity contribution >= 4 is 5.84 Å². The molecule has 0 aliphatic rings. The number of nitrogens with zero attached hydrogens (tertiary/aromatic N) is 1. The van der Waals surface area contributed by atoms with E-state index in [1.807, 2.05) is 0 Å². The van der Waals surface area contributed by atoms with Gasteiger partial charge in [-0.1, -0.05) is 31.8 Å². The molecule has 0 radical (unpaired) electrons. The molecule has 0 aromatic carbocycles. The van der Waals surface area contributed by atoms with E-state index in [1.165, 1.54) is 12.8 Å². The van der Waals surface area contributed by atoms with E-state index in [4.69, 9.17) is 10.9 Å². The highest BCUT2D eigenvalue weighted by atomic mass is 16.4. The second kappa shape index (κ2) is 7.62. The fourth-order valence-corrected chi connectivity index (χ4v) is 1.64. The second-order valence-corrected chi connectivity index (χ2v) is 3.66. The Hall–Kier alpha value is -0.770. The Balaban J connectivity index is 3.67. The number of hydrogen-bond donors (Lipinski definition) is 3. The lowest BCUT2D eigenvalue weighted by Gasteiger charge is -2.22. The van der Waals surface area contributed by atoms with Gasteiger partial charge >= 0.3 is 0 Å². The minimum absolute atomic E-state index is 0.286. The first-order chi connectivity index (χ1) is 6.65.